The molecule has 0 amide bonds. The van der Waals surface area contributed by atoms with Crippen LogP contribution in [0.15, 0.2) is 0 Å². The summed E-state index contributed by atoms with van der Waals surface area (Å²) in [7, 11) is 1.74. The summed E-state index contributed by atoms with van der Waals surface area (Å²) >= 11 is 3.69. The SMILES string of the molecule is COCCCOCCC1(CBr)CCCCC1. The van der Waals surface area contributed by atoms with Crippen LogP contribution >= 0.6 is 15.9 Å². The van der Waals surface area contributed by atoms with Crippen LogP contribution < -0.4 is 0 Å². The first-order valence-corrected chi connectivity index (χ1v) is 7.58. The second-order valence-electron chi connectivity index (χ2n) is 4.90. The topological polar surface area (TPSA) is 18.5 Å². The number of methoxy groups -OCH3 is 1. The molecule has 0 N–H and O–H groups in total. The van der Waals surface area contributed by atoms with Gasteiger partial charge < -0.3 is 9.47 Å². The maximum Gasteiger partial charge on any atom is 0.0487 e. The first-order valence-electron chi connectivity index (χ1n) is 6.46. The van der Waals surface area contributed by atoms with Crippen molar-refractivity contribution in [3.8, 4) is 0 Å². The van der Waals surface area contributed by atoms with Crippen LogP contribution in [-0.4, -0.2) is 32.3 Å². The monoisotopic (exact) mass is 292 g/mol. The van der Waals surface area contributed by atoms with E-state index in [-0.39, 0.29) is 0 Å². The average Bonchev–Trinajstić information content (AvgIpc) is 2.35. The number of alkyl halides is 1. The summed E-state index contributed by atoms with van der Waals surface area (Å²) < 4.78 is 10.7. The van der Waals surface area contributed by atoms with Crippen molar-refractivity contribution < 1.29 is 9.47 Å². The molecular weight excluding hydrogens is 268 g/mol. The molecule has 16 heavy (non-hydrogen) atoms. The Morgan fingerprint density at radius 2 is 1.81 bits per heavy atom. The third kappa shape index (κ3) is 5.15. The molecule has 3 heteroatoms. The smallest absolute Gasteiger partial charge is 0.0487 e. The quantitative estimate of drug-likeness (QED) is 0.501. The van der Waals surface area contributed by atoms with Gasteiger partial charge in [0.05, 0.1) is 0 Å². The Labute approximate surface area is 108 Å². The van der Waals surface area contributed by atoms with Gasteiger partial charge in [-0.25, -0.2) is 0 Å². The molecule has 1 rings (SSSR count). The van der Waals surface area contributed by atoms with E-state index in [4.69, 9.17) is 9.47 Å². The van der Waals surface area contributed by atoms with Crippen LogP contribution in [-0.2, 0) is 9.47 Å². The van der Waals surface area contributed by atoms with Gasteiger partial charge in [0.2, 0.25) is 0 Å². The highest BCUT2D eigenvalue weighted by Crippen LogP contribution is 2.40. The van der Waals surface area contributed by atoms with Crippen LogP contribution in [0.25, 0.3) is 0 Å². The maximum atomic E-state index is 5.66. The van der Waals surface area contributed by atoms with E-state index in [1.165, 1.54) is 38.5 Å². The van der Waals surface area contributed by atoms with E-state index in [0.717, 1.165) is 31.6 Å². The second-order valence-corrected chi connectivity index (χ2v) is 5.46. The molecule has 0 bridgehead atoms. The number of hydrogen-bond donors (Lipinski definition) is 0. The van der Waals surface area contributed by atoms with Gasteiger partial charge in [-0.1, -0.05) is 35.2 Å². The molecule has 2 nitrogen and oxygen atoms in total. The molecule has 0 heterocycles. The van der Waals surface area contributed by atoms with Crippen molar-refractivity contribution in [1.82, 2.24) is 0 Å². The van der Waals surface area contributed by atoms with Gasteiger partial charge in [0, 0.05) is 32.3 Å². The minimum absolute atomic E-state index is 0.527. The lowest BCUT2D eigenvalue weighted by Gasteiger charge is -2.35. The van der Waals surface area contributed by atoms with Crippen molar-refractivity contribution in [2.24, 2.45) is 5.41 Å². The van der Waals surface area contributed by atoms with Crippen molar-refractivity contribution >= 4 is 15.9 Å². The fourth-order valence-electron chi connectivity index (χ4n) is 2.45. The standard InChI is InChI=1S/C13H25BrO2/c1-15-9-5-10-16-11-8-13(12-14)6-3-2-4-7-13/h2-12H2,1H3. The molecular formula is C13H25BrO2. The Kier molecular flexibility index (Phi) is 7.67. The van der Waals surface area contributed by atoms with Crippen molar-refractivity contribution in [2.45, 2.75) is 44.9 Å². The summed E-state index contributed by atoms with van der Waals surface area (Å²) in [6.45, 7) is 2.56. The lowest BCUT2D eigenvalue weighted by molar-refractivity contribution is 0.0705. The van der Waals surface area contributed by atoms with Gasteiger partial charge in [-0.05, 0) is 31.1 Å². The van der Waals surface area contributed by atoms with E-state index in [2.05, 4.69) is 15.9 Å². The van der Waals surface area contributed by atoms with E-state index >= 15 is 0 Å². The molecule has 0 radical (unpaired) electrons. The van der Waals surface area contributed by atoms with Gasteiger partial charge in [-0.15, -0.1) is 0 Å². The lowest BCUT2D eigenvalue weighted by Crippen LogP contribution is -2.27. The van der Waals surface area contributed by atoms with Crippen LogP contribution in [0.1, 0.15) is 44.9 Å². The zero-order chi connectivity index (χ0) is 11.7. The largest absolute Gasteiger partial charge is 0.385 e. The van der Waals surface area contributed by atoms with Gasteiger partial charge in [0.15, 0.2) is 0 Å². The average molecular weight is 293 g/mol. The highest BCUT2D eigenvalue weighted by Gasteiger charge is 2.30. The summed E-state index contributed by atoms with van der Waals surface area (Å²) in [4.78, 5) is 0. The van der Waals surface area contributed by atoms with Gasteiger partial charge in [0.1, 0.15) is 0 Å². The van der Waals surface area contributed by atoms with Crippen molar-refractivity contribution in [2.75, 3.05) is 32.3 Å². The lowest BCUT2D eigenvalue weighted by atomic mass is 9.74. The molecule has 0 unspecified atom stereocenters. The summed E-state index contributed by atoms with van der Waals surface area (Å²) in [5, 5.41) is 1.14. The van der Waals surface area contributed by atoms with Gasteiger partial charge in [-0.2, -0.15) is 0 Å². The van der Waals surface area contributed by atoms with E-state index in [1.807, 2.05) is 0 Å². The molecule has 0 atom stereocenters. The predicted molar refractivity (Wildman–Crippen MR) is 71.2 cm³/mol. The third-order valence-corrected chi connectivity index (χ3v) is 4.80. The molecule has 96 valence electrons. The van der Waals surface area contributed by atoms with E-state index < -0.39 is 0 Å². The summed E-state index contributed by atoms with van der Waals surface area (Å²) in [5.41, 5.74) is 0.527. The molecule has 1 aliphatic rings. The van der Waals surface area contributed by atoms with Crippen LogP contribution in [0.5, 0.6) is 0 Å². The van der Waals surface area contributed by atoms with E-state index in [9.17, 15) is 0 Å². The van der Waals surface area contributed by atoms with Gasteiger partial charge in [0.25, 0.3) is 0 Å². The fourth-order valence-corrected chi connectivity index (χ4v) is 3.29. The molecule has 1 saturated carbocycles. The normalized spacial score (nSPS) is 19.9. The number of rotatable bonds is 8. The molecule has 0 spiro atoms. The molecule has 0 aromatic carbocycles. The van der Waals surface area contributed by atoms with Gasteiger partial charge in [-0.3, -0.25) is 0 Å². The fraction of sp³-hybridized carbons (Fsp3) is 1.00. The molecule has 1 aliphatic carbocycles. The van der Waals surface area contributed by atoms with Crippen LogP contribution in [0.3, 0.4) is 0 Å². The number of hydrogen-bond acceptors (Lipinski definition) is 2. The molecule has 0 aromatic rings. The predicted octanol–water partition coefficient (Wildman–Crippen LogP) is 3.78. The Morgan fingerprint density at radius 1 is 1.06 bits per heavy atom. The Balaban J connectivity index is 2.08. The molecule has 0 aromatic heterocycles. The highest BCUT2D eigenvalue weighted by molar-refractivity contribution is 9.09. The summed E-state index contributed by atoms with van der Waals surface area (Å²) in [6.07, 6.45) is 9.19. The maximum absolute atomic E-state index is 5.66. The highest BCUT2D eigenvalue weighted by atomic mass is 79.9. The number of halogens is 1. The zero-order valence-corrected chi connectivity index (χ0v) is 12.1. The number of ether oxygens (including phenoxy) is 2. The van der Waals surface area contributed by atoms with Crippen LogP contribution in [0.2, 0.25) is 0 Å². The van der Waals surface area contributed by atoms with Crippen molar-refractivity contribution in [1.29, 1.82) is 0 Å². The Bertz CT molecular complexity index is 167. The first-order chi connectivity index (χ1) is 7.83. The second kappa shape index (κ2) is 8.48. The molecule has 0 aliphatic heterocycles. The molecule has 1 fully saturated rings. The summed E-state index contributed by atoms with van der Waals surface area (Å²) in [6, 6.07) is 0. The van der Waals surface area contributed by atoms with Crippen molar-refractivity contribution in [3.05, 3.63) is 0 Å². The molecule has 0 saturated heterocycles. The van der Waals surface area contributed by atoms with Crippen LogP contribution in [0, 0.1) is 5.41 Å². The van der Waals surface area contributed by atoms with Crippen LogP contribution in [0.4, 0.5) is 0 Å². The van der Waals surface area contributed by atoms with Crippen molar-refractivity contribution in [3.63, 3.8) is 0 Å². The zero-order valence-electron chi connectivity index (χ0n) is 10.5. The minimum atomic E-state index is 0.527. The van der Waals surface area contributed by atoms with E-state index in [1.54, 1.807) is 7.11 Å². The Hall–Kier alpha value is 0.400. The minimum Gasteiger partial charge on any atom is -0.385 e. The third-order valence-electron chi connectivity index (χ3n) is 3.61. The Morgan fingerprint density at radius 3 is 2.44 bits per heavy atom. The van der Waals surface area contributed by atoms with E-state index in [0.29, 0.717) is 5.41 Å². The van der Waals surface area contributed by atoms with Gasteiger partial charge >= 0.3 is 0 Å². The summed E-state index contributed by atoms with van der Waals surface area (Å²) in [5.74, 6) is 0. The first kappa shape index (κ1) is 14.5.